The molecule has 1 aromatic rings. The van der Waals surface area contributed by atoms with E-state index in [4.69, 9.17) is 15.2 Å². The van der Waals surface area contributed by atoms with Gasteiger partial charge in [-0.25, -0.2) is 0 Å². The Labute approximate surface area is 131 Å². The number of carbonyl (C=O) groups is 1. The molecule has 3 N–H and O–H groups in total. The number of halogens is 1. The first kappa shape index (κ1) is 17.8. The molecular weight excluding hydrogens is 292 g/mol. The van der Waals surface area contributed by atoms with E-state index in [0.29, 0.717) is 39.1 Å². The van der Waals surface area contributed by atoms with Crippen molar-refractivity contribution in [1.82, 2.24) is 5.32 Å². The van der Waals surface area contributed by atoms with Crippen LogP contribution in [0.2, 0.25) is 0 Å². The molecule has 0 aromatic heterocycles. The summed E-state index contributed by atoms with van der Waals surface area (Å²) in [5.74, 6) is 0.808. The minimum absolute atomic E-state index is 0. The molecule has 21 heavy (non-hydrogen) atoms. The van der Waals surface area contributed by atoms with Gasteiger partial charge < -0.3 is 20.5 Å². The molecule has 1 heterocycles. The lowest BCUT2D eigenvalue weighted by atomic mass is 9.79. The van der Waals surface area contributed by atoms with Crippen LogP contribution in [0.3, 0.4) is 0 Å². The second-order valence-electron chi connectivity index (χ2n) is 5.13. The van der Waals surface area contributed by atoms with Crippen molar-refractivity contribution in [2.24, 2.45) is 11.1 Å². The largest absolute Gasteiger partial charge is 0.497 e. The number of nitrogens with one attached hydrogen (secondary N) is 1. The van der Waals surface area contributed by atoms with E-state index in [-0.39, 0.29) is 18.3 Å². The topological polar surface area (TPSA) is 73.6 Å². The molecule has 0 aliphatic carbocycles. The molecule has 2 rings (SSSR count). The number of carbonyl (C=O) groups excluding carboxylic acids is 1. The van der Waals surface area contributed by atoms with Crippen LogP contribution in [-0.4, -0.2) is 32.8 Å². The Morgan fingerprint density at radius 3 is 2.76 bits per heavy atom. The predicted octanol–water partition coefficient (Wildman–Crippen LogP) is 1.49. The van der Waals surface area contributed by atoms with E-state index < -0.39 is 5.41 Å². The van der Waals surface area contributed by atoms with Crippen LogP contribution in [0.4, 0.5) is 0 Å². The molecule has 5 nitrogen and oxygen atoms in total. The van der Waals surface area contributed by atoms with E-state index >= 15 is 0 Å². The third-order valence-electron chi connectivity index (χ3n) is 3.91. The van der Waals surface area contributed by atoms with Crippen molar-refractivity contribution in [2.45, 2.75) is 19.4 Å². The highest BCUT2D eigenvalue weighted by Gasteiger charge is 2.38. The van der Waals surface area contributed by atoms with Crippen LogP contribution in [0.5, 0.6) is 5.75 Å². The van der Waals surface area contributed by atoms with Gasteiger partial charge in [0.25, 0.3) is 0 Å². The number of benzene rings is 1. The smallest absolute Gasteiger partial charge is 0.227 e. The average molecular weight is 315 g/mol. The van der Waals surface area contributed by atoms with Crippen molar-refractivity contribution in [3.63, 3.8) is 0 Å². The Kier molecular flexibility index (Phi) is 6.95. The first-order chi connectivity index (χ1) is 9.70. The first-order valence-corrected chi connectivity index (χ1v) is 6.89. The molecule has 118 valence electrons. The molecule has 0 radical (unpaired) electrons. The molecule has 0 unspecified atom stereocenters. The molecule has 1 fully saturated rings. The van der Waals surface area contributed by atoms with Gasteiger partial charge in [0, 0.05) is 26.3 Å². The Bertz CT molecular complexity index is 462. The molecule has 1 saturated heterocycles. The van der Waals surface area contributed by atoms with Crippen LogP contribution in [0.15, 0.2) is 24.3 Å². The lowest BCUT2D eigenvalue weighted by Gasteiger charge is -2.34. The quantitative estimate of drug-likeness (QED) is 0.863. The third-order valence-corrected chi connectivity index (χ3v) is 3.91. The van der Waals surface area contributed by atoms with Gasteiger partial charge in [0.2, 0.25) is 5.91 Å². The number of methoxy groups -OCH3 is 1. The Hall–Kier alpha value is -1.30. The lowest BCUT2D eigenvalue weighted by molar-refractivity contribution is -0.136. The standard InChI is InChI=1S/C15H22N2O3.ClH/c1-19-13-4-2-3-12(9-13)10-17-14(18)15(11-16)5-7-20-8-6-15;/h2-4,9H,5-8,10-11,16H2,1H3,(H,17,18);1H. The third kappa shape index (κ3) is 4.33. The highest BCUT2D eigenvalue weighted by molar-refractivity contribution is 5.85. The number of hydrogen-bond donors (Lipinski definition) is 2. The van der Waals surface area contributed by atoms with Crippen LogP contribution < -0.4 is 15.8 Å². The van der Waals surface area contributed by atoms with Crippen molar-refractivity contribution in [3.8, 4) is 5.75 Å². The van der Waals surface area contributed by atoms with E-state index in [2.05, 4.69) is 5.32 Å². The number of nitrogens with two attached hydrogens (primary N) is 1. The minimum Gasteiger partial charge on any atom is -0.497 e. The number of hydrogen-bond acceptors (Lipinski definition) is 4. The average Bonchev–Trinajstić information content (AvgIpc) is 2.53. The van der Waals surface area contributed by atoms with Gasteiger partial charge in [-0.15, -0.1) is 12.4 Å². The zero-order valence-corrected chi connectivity index (χ0v) is 13.1. The maximum Gasteiger partial charge on any atom is 0.227 e. The molecule has 1 aliphatic rings. The zero-order chi connectivity index (χ0) is 14.4. The van der Waals surface area contributed by atoms with Crippen molar-refractivity contribution in [1.29, 1.82) is 0 Å². The summed E-state index contributed by atoms with van der Waals surface area (Å²) < 4.78 is 10.5. The Balaban J connectivity index is 0.00000220. The van der Waals surface area contributed by atoms with Crippen LogP contribution in [-0.2, 0) is 16.1 Å². The molecule has 0 saturated carbocycles. The Morgan fingerprint density at radius 2 is 2.14 bits per heavy atom. The van der Waals surface area contributed by atoms with E-state index in [1.165, 1.54) is 0 Å². The fourth-order valence-corrected chi connectivity index (χ4v) is 2.44. The summed E-state index contributed by atoms with van der Waals surface area (Å²) >= 11 is 0. The molecule has 0 bridgehead atoms. The van der Waals surface area contributed by atoms with Gasteiger partial charge in [0.15, 0.2) is 0 Å². The number of ether oxygens (including phenoxy) is 2. The molecule has 1 amide bonds. The molecule has 0 atom stereocenters. The second-order valence-corrected chi connectivity index (χ2v) is 5.13. The Morgan fingerprint density at radius 1 is 1.43 bits per heavy atom. The summed E-state index contributed by atoms with van der Waals surface area (Å²) in [6.07, 6.45) is 1.38. The van der Waals surface area contributed by atoms with Crippen molar-refractivity contribution >= 4 is 18.3 Å². The molecular formula is C15H23ClN2O3. The van der Waals surface area contributed by atoms with Crippen molar-refractivity contribution in [3.05, 3.63) is 29.8 Å². The molecule has 1 aromatic carbocycles. The molecule has 1 aliphatic heterocycles. The van der Waals surface area contributed by atoms with E-state index in [9.17, 15) is 4.79 Å². The number of amides is 1. The highest BCUT2D eigenvalue weighted by Crippen LogP contribution is 2.29. The van der Waals surface area contributed by atoms with Gasteiger partial charge in [-0.1, -0.05) is 12.1 Å². The van der Waals surface area contributed by atoms with E-state index in [1.807, 2.05) is 24.3 Å². The van der Waals surface area contributed by atoms with Crippen molar-refractivity contribution < 1.29 is 14.3 Å². The van der Waals surface area contributed by atoms with Crippen LogP contribution in [0.25, 0.3) is 0 Å². The van der Waals surface area contributed by atoms with Gasteiger partial charge in [0.05, 0.1) is 12.5 Å². The predicted molar refractivity (Wildman–Crippen MR) is 83.6 cm³/mol. The zero-order valence-electron chi connectivity index (χ0n) is 12.3. The van der Waals surface area contributed by atoms with Crippen LogP contribution >= 0.6 is 12.4 Å². The summed E-state index contributed by atoms with van der Waals surface area (Å²) in [5, 5.41) is 2.98. The SMILES string of the molecule is COc1cccc(CNC(=O)C2(CN)CCOCC2)c1.Cl. The van der Waals surface area contributed by atoms with Crippen molar-refractivity contribution in [2.75, 3.05) is 26.9 Å². The van der Waals surface area contributed by atoms with Gasteiger partial charge in [-0.3, -0.25) is 4.79 Å². The fraction of sp³-hybridized carbons (Fsp3) is 0.533. The van der Waals surface area contributed by atoms with Gasteiger partial charge in [0.1, 0.15) is 5.75 Å². The van der Waals surface area contributed by atoms with E-state index in [1.54, 1.807) is 7.11 Å². The van der Waals surface area contributed by atoms with E-state index in [0.717, 1.165) is 11.3 Å². The maximum absolute atomic E-state index is 12.4. The summed E-state index contributed by atoms with van der Waals surface area (Å²) in [7, 11) is 1.63. The summed E-state index contributed by atoms with van der Waals surface area (Å²) in [6, 6.07) is 7.67. The lowest BCUT2D eigenvalue weighted by Crippen LogP contribution is -2.48. The van der Waals surface area contributed by atoms with Gasteiger partial charge >= 0.3 is 0 Å². The monoisotopic (exact) mass is 314 g/mol. The molecule has 0 spiro atoms. The first-order valence-electron chi connectivity index (χ1n) is 6.89. The van der Waals surface area contributed by atoms with Gasteiger partial charge in [-0.2, -0.15) is 0 Å². The minimum atomic E-state index is -0.475. The molecule has 6 heteroatoms. The fourth-order valence-electron chi connectivity index (χ4n) is 2.44. The normalized spacial score (nSPS) is 16.7. The maximum atomic E-state index is 12.4. The van der Waals surface area contributed by atoms with Crippen LogP contribution in [0, 0.1) is 5.41 Å². The second kappa shape index (κ2) is 8.22. The number of rotatable bonds is 5. The highest BCUT2D eigenvalue weighted by atomic mass is 35.5. The summed E-state index contributed by atoms with van der Waals surface area (Å²) in [6.45, 7) is 2.05. The summed E-state index contributed by atoms with van der Waals surface area (Å²) in [4.78, 5) is 12.4. The summed E-state index contributed by atoms with van der Waals surface area (Å²) in [5.41, 5.74) is 6.35. The van der Waals surface area contributed by atoms with Gasteiger partial charge in [-0.05, 0) is 30.5 Å². The van der Waals surface area contributed by atoms with Crippen LogP contribution in [0.1, 0.15) is 18.4 Å².